The van der Waals surface area contributed by atoms with Crippen LogP contribution < -0.4 is 10.1 Å². The molecule has 0 aliphatic heterocycles. The van der Waals surface area contributed by atoms with Crippen LogP contribution in [0.2, 0.25) is 0 Å². The second kappa shape index (κ2) is 8.47. The summed E-state index contributed by atoms with van der Waals surface area (Å²) in [5.74, 6) is -0.105. The lowest BCUT2D eigenvalue weighted by Gasteiger charge is -2.13. The number of hydrogen-bond acceptors (Lipinski definition) is 6. The molecule has 0 fully saturated rings. The smallest absolute Gasteiger partial charge is 0.311 e. The van der Waals surface area contributed by atoms with Crippen LogP contribution >= 0.6 is 0 Å². The Hall–Kier alpha value is -3.48. The molecule has 0 unspecified atom stereocenters. The third-order valence-corrected chi connectivity index (χ3v) is 4.28. The summed E-state index contributed by atoms with van der Waals surface area (Å²) in [6, 6.07) is 12.0. The second-order valence-electron chi connectivity index (χ2n) is 6.32. The Morgan fingerprint density at radius 1 is 1.18 bits per heavy atom. The van der Waals surface area contributed by atoms with Crippen LogP contribution in [-0.2, 0) is 27.3 Å². The number of carbonyl (C=O) groups excluding carboxylic acids is 2. The number of amides is 1. The molecule has 0 aliphatic rings. The Kier molecular flexibility index (Phi) is 5.84. The van der Waals surface area contributed by atoms with Gasteiger partial charge in [0.25, 0.3) is 5.91 Å². The molecule has 1 heterocycles. The summed E-state index contributed by atoms with van der Waals surface area (Å²) in [6.07, 6.45) is 0.487. The summed E-state index contributed by atoms with van der Waals surface area (Å²) in [4.78, 5) is 24.3. The van der Waals surface area contributed by atoms with Crippen LogP contribution in [-0.4, -0.2) is 30.2 Å². The Bertz CT molecular complexity index is 976. The molecule has 28 heavy (non-hydrogen) atoms. The Morgan fingerprint density at radius 3 is 2.64 bits per heavy atom. The van der Waals surface area contributed by atoms with Crippen molar-refractivity contribution in [1.82, 2.24) is 5.32 Å². The lowest BCUT2D eigenvalue weighted by molar-refractivity contribution is -0.154. The van der Waals surface area contributed by atoms with E-state index < -0.39 is 12.1 Å². The number of furan rings is 1. The van der Waals surface area contributed by atoms with Crippen molar-refractivity contribution in [3.63, 3.8) is 0 Å². The SMILES string of the molecule is COc1ccc(CNC(=O)[C@H](C)OC(=O)Cc2coc3cc(O)ccc23)cc1. The normalized spacial score (nSPS) is 11.8. The van der Waals surface area contributed by atoms with E-state index in [-0.39, 0.29) is 18.1 Å². The van der Waals surface area contributed by atoms with E-state index in [0.717, 1.165) is 11.3 Å². The highest BCUT2D eigenvalue weighted by molar-refractivity contribution is 5.88. The van der Waals surface area contributed by atoms with Gasteiger partial charge in [0.15, 0.2) is 6.10 Å². The number of rotatable bonds is 7. The molecular formula is C21H21NO6. The third kappa shape index (κ3) is 4.62. The van der Waals surface area contributed by atoms with Gasteiger partial charge in [-0.05, 0) is 36.8 Å². The average Bonchev–Trinajstić information content (AvgIpc) is 3.07. The Balaban J connectivity index is 1.51. The van der Waals surface area contributed by atoms with Crippen molar-refractivity contribution in [2.45, 2.75) is 26.0 Å². The zero-order chi connectivity index (χ0) is 20.1. The molecule has 1 aromatic heterocycles. The summed E-state index contributed by atoms with van der Waals surface area (Å²) in [7, 11) is 1.59. The van der Waals surface area contributed by atoms with Gasteiger partial charge in [-0.15, -0.1) is 0 Å². The van der Waals surface area contributed by atoms with Gasteiger partial charge in [-0.3, -0.25) is 9.59 Å². The molecule has 1 amide bonds. The fourth-order valence-corrected chi connectivity index (χ4v) is 2.73. The van der Waals surface area contributed by atoms with Crippen molar-refractivity contribution in [3.05, 3.63) is 59.9 Å². The molecular weight excluding hydrogens is 362 g/mol. The van der Waals surface area contributed by atoms with Gasteiger partial charge < -0.3 is 24.3 Å². The minimum Gasteiger partial charge on any atom is -0.508 e. The predicted molar refractivity (Wildman–Crippen MR) is 102 cm³/mol. The number of esters is 1. The van der Waals surface area contributed by atoms with Crippen molar-refractivity contribution in [2.24, 2.45) is 0 Å². The number of nitrogens with one attached hydrogen (secondary N) is 1. The molecule has 0 radical (unpaired) electrons. The Labute approximate surface area is 161 Å². The molecule has 3 rings (SSSR count). The van der Waals surface area contributed by atoms with Gasteiger partial charge in [0.05, 0.1) is 19.8 Å². The first kappa shape index (κ1) is 19.3. The number of phenolic OH excluding ortho intramolecular Hbond substituents is 1. The summed E-state index contributed by atoms with van der Waals surface area (Å²) in [6.45, 7) is 1.84. The largest absolute Gasteiger partial charge is 0.508 e. The summed E-state index contributed by atoms with van der Waals surface area (Å²) < 4.78 is 15.6. The third-order valence-electron chi connectivity index (χ3n) is 4.28. The highest BCUT2D eigenvalue weighted by Crippen LogP contribution is 2.25. The fourth-order valence-electron chi connectivity index (χ4n) is 2.73. The maximum absolute atomic E-state index is 12.2. The highest BCUT2D eigenvalue weighted by Gasteiger charge is 2.19. The van der Waals surface area contributed by atoms with Gasteiger partial charge in [-0.1, -0.05) is 12.1 Å². The molecule has 0 aliphatic carbocycles. The van der Waals surface area contributed by atoms with E-state index in [4.69, 9.17) is 13.9 Å². The van der Waals surface area contributed by atoms with Crippen LogP contribution in [0.15, 0.2) is 53.1 Å². The van der Waals surface area contributed by atoms with E-state index in [0.29, 0.717) is 23.1 Å². The lowest BCUT2D eigenvalue weighted by Crippen LogP contribution is -2.35. The number of carbonyl (C=O) groups is 2. The molecule has 0 bridgehead atoms. The van der Waals surface area contributed by atoms with Crippen molar-refractivity contribution >= 4 is 22.8 Å². The first-order valence-corrected chi connectivity index (χ1v) is 8.75. The quantitative estimate of drug-likeness (QED) is 0.609. The van der Waals surface area contributed by atoms with E-state index in [9.17, 15) is 14.7 Å². The van der Waals surface area contributed by atoms with Crippen LogP contribution in [0.1, 0.15) is 18.1 Å². The number of hydrogen-bond donors (Lipinski definition) is 2. The zero-order valence-electron chi connectivity index (χ0n) is 15.6. The maximum Gasteiger partial charge on any atom is 0.311 e. The summed E-state index contributed by atoms with van der Waals surface area (Å²) in [5, 5.41) is 12.9. The van der Waals surface area contributed by atoms with Crippen LogP contribution in [0.4, 0.5) is 0 Å². The molecule has 0 spiro atoms. The second-order valence-corrected chi connectivity index (χ2v) is 6.32. The van der Waals surface area contributed by atoms with Crippen LogP contribution in [0.25, 0.3) is 11.0 Å². The van der Waals surface area contributed by atoms with Crippen LogP contribution in [0.3, 0.4) is 0 Å². The number of ether oxygens (including phenoxy) is 2. The van der Waals surface area contributed by atoms with Gasteiger partial charge in [-0.2, -0.15) is 0 Å². The van der Waals surface area contributed by atoms with Crippen molar-refractivity contribution in [2.75, 3.05) is 7.11 Å². The fraction of sp³-hybridized carbons (Fsp3) is 0.238. The predicted octanol–water partition coefficient (Wildman–Crippen LogP) is 2.94. The standard InChI is InChI=1S/C21H21NO6/c1-13(21(25)22-11-14-3-6-17(26-2)7-4-14)28-20(24)9-15-12-27-19-10-16(23)5-8-18(15)19/h3-8,10,12-13,23H,9,11H2,1-2H3,(H,22,25)/t13-/m0/s1. The number of aromatic hydroxyl groups is 1. The molecule has 7 heteroatoms. The van der Waals surface area contributed by atoms with Gasteiger partial charge in [0, 0.05) is 23.6 Å². The van der Waals surface area contributed by atoms with Crippen molar-refractivity contribution < 1.29 is 28.6 Å². The first-order chi connectivity index (χ1) is 13.5. The molecule has 0 saturated heterocycles. The van der Waals surface area contributed by atoms with E-state index in [1.807, 2.05) is 12.1 Å². The van der Waals surface area contributed by atoms with Crippen molar-refractivity contribution in [3.8, 4) is 11.5 Å². The summed E-state index contributed by atoms with van der Waals surface area (Å²) >= 11 is 0. The number of methoxy groups -OCH3 is 1. The monoisotopic (exact) mass is 383 g/mol. The lowest BCUT2D eigenvalue weighted by atomic mass is 10.1. The Morgan fingerprint density at radius 2 is 1.93 bits per heavy atom. The molecule has 2 aromatic carbocycles. The minimum atomic E-state index is -0.923. The first-order valence-electron chi connectivity index (χ1n) is 8.75. The highest BCUT2D eigenvalue weighted by atomic mass is 16.5. The van der Waals surface area contributed by atoms with Crippen LogP contribution in [0, 0.1) is 0 Å². The molecule has 146 valence electrons. The van der Waals surface area contributed by atoms with E-state index >= 15 is 0 Å². The molecule has 7 nitrogen and oxygen atoms in total. The maximum atomic E-state index is 12.2. The van der Waals surface area contributed by atoms with Gasteiger partial charge in [0.1, 0.15) is 17.1 Å². The number of phenols is 1. The van der Waals surface area contributed by atoms with E-state index in [2.05, 4.69) is 5.32 Å². The average molecular weight is 383 g/mol. The van der Waals surface area contributed by atoms with Gasteiger partial charge in [-0.25, -0.2) is 0 Å². The molecule has 0 saturated carbocycles. The number of benzene rings is 2. The minimum absolute atomic E-state index is 0.0339. The topological polar surface area (TPSA) is 98.0 Å². The van der Waals surface area contributed by atoms with E-state index in [1.165, 1.54) is 25.3 Å². The molecule has 2 N–H and O–H groups in total. The van der Waals surface area contributed by atoms with Crippen LogP contribution in [0.5, 0.6) is 11.5 Å². The molecule has 1 atom stereocenters. The van der Waals surface area contributed by atoms with Crippen molar-refractivity contribution in [1.29, 1.82) is 0 Å². The van der Waals surface area contributed by atoms with Gasteiger partial charge in [0.2, 0.25) is 0 Å². The molecule has 3 aromatic rings. The van der Waals surface area contributed by atoms with E-state index in [1.54, 1.807) is 25.3 Å². The van der Waals surface area contributed by atoms with Gasteiger partial charge >= 0.3 is 5.97 Å². The summed E-state index contributed by atoms with van der Waals surface area (Å²) in [5.41, 5.74) is 2.01. The number of fused-ring (bicyclic) bond motifs is 1. The zero-order valence-corrected chi connectivity index (χ0v) is 15.6.